The lowest BCUT2D eigenvalue weighted by Gasteiger charge is -2.28. The van der Waals surface area contributed by atoms with Crippen molar-refractivity contribution in [1.82, 2.24) is 19.9 Å². The van der Waals surface area contributed by atoms with Gasteiger partial charge in [-0.3, -0.25) is 9.69 Å². The number of para-hydroxylation sites is 1. The molecular formula is C17H22N4O4. The number of hydrogen-bond donors (Lipinski definition) is 0. The first kappa shape index (κ1) is 17.4. The van der Waals surface area contributed by atoms with Gasteiger partial charge in [-0.05, 0) is 19.2 Å². The van der Waals surface area contributed by atoms with Crippen molar-refractivity contribution in [3.05, 3.63) is 30.2 Å². The molecule has 1 aliphatic rings. The van der Waals surface area contributed by atoms with Gasteiger partial charge in [-0.15, -0.1) is 0 Å². The van der Waals surface area contributed by atoms with Crippen molar-refractivity contribution in [3.8, 4) is 17.1 Å². The van der Waals surface area contributed by atoms with Crippen molar-refractivity contribution < 1.29 is 18.8 Å². The summed E-state index contributed by atoms with van der Waals surface area (Å²) in [6.07, 6.45) is 0. The van der Waals surface area contributed by atoms with Crippen molar-refractivity contribution in [3.63, 3.8) is 0 Å². The van der Waals surface area contributed by atoms with Crippen LogP contribution in [-0.4, -0.2) is 72.9 Å². The van der Waals surface area contributed by atoms with Crippen LogP contribution < -0.4 is 4.74 Å². The fourth-order valence-electron chi connectivity index (χ4n) is 2.69. The molecule has 0 saturated carbocycles. The Balaban J connectivity index is 1.60. The van der Waals surface area contributed by atoms with Gasteiger partial charge in [0.25, 0.3) is 0 Å². The van der Waals surface area contributed by atoms with Crippen LogP contribution in [0.4, 0.5) is 0 Å². The van der Waals surface area contributed by atoms with E-state index in [0.29, 0.717) is 56.9 Å². The number of nitrogens with zero attached hydrogens (tertiary/aromatic N) is 4. The van der Waals surface area contributed by atoms with Crippen LogP contribution in [0.3, 0.4) is 0 Å². The van der Waals surface area contributed by atoms with Crippen molar-refractivity contribution in [2.24, 2.45) is 0 Å². The zero-order chi connectivity index (χ0) is 17.6. The fourth-order valence-corrected chi connectivity index (χ4v) is 2.69. The first-order valence-electron chi connectivity index (χ1n) is 8.17. The number of carbonyl (C=O) groups excluding carboxylic acids is 1. The molecule has 1 amide bonds. The summed E-state index contributed by atoms with van der Waals surface area (Å²) in [5, 5.41) is 4.01. The molecule has 1 aromatic carbocycles. The Morgan fingerprint density at radius 3 is 2.84 bits per heavy atom. The van der Waals surface area contributed by atoms with Crippen molar-refractivity contribution in [1.29, 1.82) is 0 Å². The minimum absolute atomic E-state index is 0.0790. The van der Waals surface area contributed by atoms with Crippen LogP contribution in [0, 0.1) is 0 Å². The SMILES string of the molecule is COc1ccccc1-c1noc(CN(C)CC(=O)N2CCOCC2)n1. The molecule has 8 heteroatoms. The maximum atomic E-state index is 12.3. The molecular weight excluding hydrogens is 324 g/mol. The zero-order valence-corrected chi connectivity index (χ0v) is 14.5. The van der Waals surface area contributed by atoms with Crippen molar-refractivity contribution >= 4 is 5.91 Å². The lowest BCUT2D eigenvalue weighted by Crippen LogP contribution is -2.44. The molecule has 1 aromatic heterocycles. The van der Waals surface area contributed by atoms with Crippen LogP contribution >= 0.6 is 0 Å². The lowest BCUT2D eigenvalue weighted by atomic mass is 10.2. The van der Waals surface area contributed by atoms with Gasteiger partial charge in [-0.25, -0.2) is 0 Å². The smallest absolute Gasteiger partial charge is 0.241 e. The molecule has 2 heterocycles. The molecule has 1 saturated heterocycles. The maximum Gasteiger partial charge on any atom is 0.241 e. The number of hydrogen-bond acceptors (Lipinski definition) is 7. The van der Waals surface area contributed by atoms with Gasteiger partial charge >= 0.3 is 0 Å². The summed E-state index contributed by atoms with van der Waals surface area (Å²) in [4.78, 5) is 20.3. The van der Waals surface area contributed by atoms with Crippen molar-refractivity contribution in [2.45, 2.75) is 6.54 Å². The second kappa shape index (κ2) is 8.09. The van der Waals surface area contributed by atoms with E-state index in [-0.39, 0.29) is 5.91 Å². The standard InChI is InChI=1S/C17H22N4O4/c1-20(12-16(22)21-7-9-24-10-8-21)11-15-18-17(19-25-15)13-5-3-4-6-14(13)23-2/h3-6H,7-12H2,1-2H3. The van der Waals surface area contributed by atoms with E-state index in [1.54, 1.807) is 7.11 Å². The fraction of sp³-hybridized carbons (Fsp3) is 0.471. The number of carbonyl (C=O) groups is 1. The molecule has 134 valence electrons. The van der Waals surface area contributed by atoms with Crippen LogP contribution in [0.2, 0.25) is 0 Å². The number of ether oxygens (including phenoxy) is 2. The Hall–Kier alpha value is -2.45. The molecule has 0 spiro atoms. The first-order valence-corrected chi connectivity index (χ1v) is 8.17. The first-order chi connectivity index (χ1) is 12.2. The van der Waals surface area contributed by atoms with Gasteiger partial charge in [0, 0.05) is 13.1 Å². The van der Waals surface area contributed by atoms with Gasteiger partial charge in [0.1, 0.15) is 5.75 Å². The summed E-state index contributed by atoms with van der Waals surface area (Å²) in [5.41, 5.74) is 0.770. The minimum atomic E-state index is 0.0790. The van der Waals surface area contributed by atoms with E-state index in [9.17, 15) is 4.79 Å². The third-order valence-electron chi connectivity index (χ3n) is 3.99. The predicted octanol–water partition coefficient (Wildman–Crippen LogP) is 1.04. The molecule has 0 bridgehead atoms. The second-order valence-corrected chi connectivity index (χ2v) is 5.88. The van der Waals surface area contributed by atoms with Gasteiger partial charge in [-0.2, -0.15) is 4.98 Å². The van der Waals surface area contributed by atoms with Gasteiger partial charge in [0.05, 0.1) is 39.0 Å². The molecule has 0 radical (unpaired) electrons. The predicted molar refractivity (Wildman–Crippen MR) is 90.0 cm³/mol. The Bertz CT molecular complexity index is 712. The van der Waals surface area contributed by atoms with E-state index in [1.807, 2.05) is 41.1 Å². The number of rotatable bonds is 6. The maximum absolute atomic E-state index is 12.3. The Labute approximate surface area is 146 Å². The highest BCUT2D eigenvalue weighted by Gasteiger charge is 2.20. The average molecular weight is 346 g/mol. The summed E-state index contributed by atoms with van der Waals surface area (Å²) in [5.74, 6) is 1.69. The number of benzene rings is 1. The Morgan fingerprint density at radius 1 is 1.32 bits per heavy atom. The van der Waals surface area contributed by atoms with E-state index in [2.05, 4.69) is 10.1 Å². The molecule has 25 heavy (non-hydrogen) atoms. The van der Waals surface area contributed by atoms with E-state index in [0.717, 1.165) is 5.56 Å². The lowest BCUT2D eigenvalue weighted by molar-refractivity contribution is -0.136. The summed E-state index contributed by atoms with van der Waals surface area (Å²) in [7, 11) is 3.45. The van der Waals surface area contributed by atoms with Gasteiger partial charge in [0.2, 0.25) is 17.6 Å². The largest absolute Gasteiger partial charge is 0.496 e. The molecule has 0 atom stereocenters. The topological polar surface area (TPSA) is 80.9 Å². The molecule has 1 fully saturated rings. The summed E-state index contributed by atoms with van der Waals surface area (Å²) >= 11 is 0. The molecule has 3 rings (SSSR count). The van der Waals surface area contributed by atoms with Crippen LogP contribution in [0.15, 0.2) is 28.8 Å². The molecule has 0 aliphatic carbocycles. The van der Waals surface area contributed by atoms with E-state index >= 15 is 0 Å². The van der Waals surface area contributed by atoms with Gasteiger partial charge < -0.3 is 18.9 Å². The third-order valence-corrected chi connectivity index (χ3v) is 3.99. The second-order valence-electron chi connectivity index (χ2n) is 5.88. The Morgan fingerprint density at radius 2 is 2.08 bits per heavy atom. The zero-order valence-electron chi connectivity index (χ0n) is 14.5. The Kier molecular flexibility index (Phi) is 5.62. The van der Waals surface area contributed by atoms with E-state index in [1.165, 1.54) is 0 Å². The highest BCUT2D eigenvalue weighted by atomic mass is 16.5. The number of aromatic nitrogens is 2. The quantitative estimate of drug-likeness (QED) is 0.773. The van der Waals surface area contributed by atoms with Gasteiger partial charge in [0.15, 0.2) is 0 Å². The minimum Gasteiger partial charge on any atom is -0.496 e. The number of methoxy groups -OCH3 is 1. The normalized spacial score (nSPS) is 14.8. The average Bonchev–Trinajstić information content (AvgIpc) is 3.10. The summed E-state index contributed by atoms with van der Waals surface area (Å²) < 4.78 is 15.9. The van der Waals surface area contributed by atoms with E-state index in [4.69, 9.17) is 14.0 Å². The monoisotopic (exact) mass is 346 g/mol. The molecule has 2 aromatic rings. The summed E-state index contributed by atoms with van der Waals surface area (Å²) in [6.45, 7) is 3.18. The summed E-state index contributed by atoms with van der Waals surface area (Å²) in [6, 6.07) is 7.49. The highest BCUT2D eigenvalue weighted by molar-refractivity contribution is 5.78. The molecule has 1 aliphatic heterocycles. The van der Waals surface area contributed by atoms with Crippen LogP contribution in [0.1, 0.15) is 5.89 Å². The number of likely N-dealkylation sites (N-methyl/N-ethyl adjacent to an activating group) is 1. The van der Waals surface area contributed by atoms with Crippen LogP contribution in [-0.2, 0) is 16.1 Å². The molecule has 0 unspecified atom stereocenters. The number of morpholine rings is 1. The number of amides is 1. The van der Waals surface area contributed by atoms with Crippen molar-refractivity contribution in [2.75, 3.05) is 47.0 Å². The molecule has 8 nitrogen and oxygen atoms in total. The third kappa shape index (κ3) is 4.34. The highest BCUT2D eigenvalue weighted by Crippen LogP contribution is 2.27. The molecule has 0 N–H and O–H groups in total. The van der Waals surface area contributed by atoms with E-state index < -0.39 is 0 Å². The van der Waals surface area contributed by atoms with Crippen LogP contribution in [0.5, 0.6) is 5.75 Å². The van der Waals surface area contributed by atoms with Crippen LogP contribution in [0.25, 0.3) is 11.4 Å². The van der Waals surface area contributed by atoms with Gasteiger partial charge in [-0.1, -0.05) is 17.3 Å².